The van der Waals surface area contributed by atoms with E-state index in [1.165, 1.54) is 28.9 Å². The highest BCUT2D eigenvalue weighted by Crippen LogP contribution is 2.28. The Morgan fingerprint density at radius 2 is 2.07 bits per heavy atom. The van der Waals surface area contributed by atoms with E-state index in [9.17, 15) is 19.2 Å². The van der Waals surface area contributed by atoms with Crippen LogP contribution in [0.25, 0.3) is 0 Å². The number of benzene rings is 1. The lowest BCUT2D eigenvalue weighted by atomic mass is 10.1. The number of carbonyl (C=O) groups is 3. The molecule has 1 N–H and O–H groups in total. The van der Waals surface area contributed by atoms with Crippen molar-refractivity contribution in [3.05, 3.63) is 51.9 Å². The van der Waals surface area contributed by atoms with Crippen LogP contribution in [0.15, 0.2) is 35.1 Å². The topological polar surface area (TPSA) is 117 Å². The van der Waals surface area contributed by atoms with Crippen LogP contribution in [0, 0.1) is 0 Å². The van der Waals surface area contributed by atoms with Crippen LogP contribution in [-0.4, -0.2) is 40.7 Å². The summed E-state index contributed by atoms with van der Waals surface area (Å²) in [6, 6.07) is 7.03. The van der Waals surface area contributed by atoms with Gasteiger partial charge >= 0.3 is 5.97 Å². The number of fused-ring (bicyclic) bond motifs is 1. The van der Waals surface area contributed by atoms with Crippen molar-refractivity contribution in [1.29, 1.82) is 0 Å². The smallest absolute Gasteiger partial charge is 0.359 e. The molecule has 9 nitrogen and oxygen atoms in total. The van der Waals surface area contributed by atoms with Gasteiger partial charge in [-0.25, -0.2) is 9.48 Å². The highest BCUT2D eigenvalue weighted by Gasteiger charge is 2.19. The summed E-state index contributed by atoms with van der Waals surface area (Å²) in [5.74, 6) is -1.10. The molecular weight excluding hydrogens is 354 g/mol. The highest BCUT2D eigenvalue weighted by molar-refractivity contribution is 6.02. The summed E-state index contributed by atoms with van der Waals surface area (Å²) in [6.45, 7) is 1.68. The number of aromatic nitrogens is 2. The van der Waals surface area contributed by atoms with Crippen LogP contribution in [0.1, 0.15) is 34.2 Å². The predicted molar refractivity (Wildman–Crippen MR) is 94.0 cm³/mol. The molecule has 0 atom stereocenters. The number of rotatable bonds is 6. The highest BCUT2D eigenvalue weighted by atomic mass is 16.5. The number of amides is 1. The standard InChI is InChI=1S/C18H17N3O6/c1-2-7-21-17(24)6-4-12(20-21)18(25)27-9-14(22)11-3-5-15-13(8-11)19-16(23)10-26-15/h3-6,8H,2,7,9-10H2,1H3,(H,19,23). The normalized spacial score (nSPS) is 12.6. The van der Waals surface area contributed by atoms with Gasteiger partial charge in [-0.2, -0.15) is 5.10 Å². The van der Waals surface area contributed by atoms with E-state index < -0.39 is 18.4 Å². The summed E-state index contributed by atoms with van der Waals surface area (Å²) in [6.07, 6.45) is 0.683. The summed E-state index contributed by atoms with van der Waals surface area (Å²) >= 11 is 0. The fourth-order valence-electron chi connectivity index (χ4n) is 2.47. The molecule has 1 aromatic carbocycles. The van der Waals surface area contributed by atoms with E-state index in [0.717, 1.165) is 0 Å². The van der Waals surface area contributed by atoms with Crippen molar-refractivity contribution in [3.63, 3.8) is 0 Å². The molecule has 140 valence electrons. The van der Waals surface area contributed by atoms with Gasteiger partial charge in [0.05, 0.1) is 5.69 Å². The number of aryl methyl sites for hydroxylation is 1. The number of nitrogens with zero attached hydrogens (tertiary/aromatic N) is 2. The molecule has 1 aliphatic heterocycles. The second-order valence-electron chi connectivity index (χ2n) is 5.83. The number of esters is 1. The number of ketones is 1. The maximum Gasteiger partial charge on any atom is 0.359 e. The summed E-state index contributed by atoms with van der Waals surface area (Å²) in [4.78, 5) is 47.3. The van der Waals surface area contributed by atoms with Gasteiger partial charge < -0.3 is 14.8 Å². The first kappa shape index (κ1) is 18.3. The van der Waals surface area contributed by atoms with Crippen LogP contribution in [-0.2, 0) is 16.1 Å². The molecule has 3 rings (SSSR count). The van der Waals surface area contributed by atoms with Gasteiger partial charge in [-0.3, -0.25) is 14.4 Å². The first-order chi connectivity index (χ1) is 13.0. The van der Waals surface area contributed by atoms with Gasteiger partial charge in [0.1, 0.15) is 5.75 Å². The summed E-state index contributed by atoms with van der Waals surface area (Å²) in [5, 5.41) is 6.54. The van der Waals surface area contributed by atoms with Crippen LogP contribution < -0.4 is 15.6 Å². The third-order valence-corrected chi connectivity index (χ3v) is 3.78. The lowest BCUT2D eigenvalue weighted by Gasteiger charge is -2.18. The quantitative estimate of drug-likeness (QED) is 0.595. The van der Waals surface area contributed by atoms with Crippen molar-refractivity contribution in [2.45, 2.75) is 19.9 Å². The van der Waals surface area contributed by atoms with Crippen molar-refractivity contribution in [2.75, 3.05) is 18.5 Å². The van der Waals surface area contributed by atoms with Crippen molar-refractivity contribution in [1.82, 2.24) is 9.78 Å². The number of nitrogens with one attached hydrogen (secondary N) is 1. The van der Waals surface area contributed by atoms with Crippen LogP contribution in [0.2, 0.25) is 0 Å². The van der Waals surface area contributed by atoms with Gasteiger partial charge in [-0.1, -0.05) is 6.92 Å². The Morgan fingerprint density at radius 1 is 1.26 bits per heavy atom. The first-order valence-corrected chi connectivity index (χ1v) is 8.33. The van der Waals surface area contributed by atoms with Gasteiger partial charge in [0, 0.05) is 18.2 Å². The van der Waals surface area contributed by atoms with E-state index >= 15 is 0 Å². The van der Waals surface area contributed by atoms with E-state index in [4.69, 9.17) is 9.47 Å². The zero-order valence-electron chi connectivity index (χ0n) is 14.6. The number of ether oxygens (including phenoxy) is 2. The Hall–Kier alpha value is -3.49. The molecule has 0 radical (unpaired) electrons. The fraction of sp³-hybridized carbons (Fsp3) is 0.278. The third kappa shape index (κ3) is 4.20. The molecule has 0 saturated heterocycles. The van der Waals surface area contributed by atoms with Crippen LogP contribution in [0.5, 0.6) is 5.75 Å². The third-order valence-electron chi connectivity index (χ3n) is 3.78. The number of Topliss-reactive ketones (excluding diaryl/α,β-unsaturated/α-hetero) is 1. The zero-order chi connectivity index (χ0) is 19.4. The molecule has 9 heteroatoms. The van der Waals surface area contributed by atoms with Gasteiger partial charge in [0.2, 0.25) is 0 Å². The van der Waals surface area contributed by atoms with Gasteiger partial charge in [-0.05, 0) is 30.7 Å². The van der Waals surface area contributed by atoms with Gasteiger partial charge in [0.25, 0.3) is 11.5 Å². The van der Waals surface area contributed by atoms with E-state index in [-0.39, 0.29) is 29.3 Å². The molecule has 2 aromatic rings. The Bertz CT molecular complexity index is 966. The number of hydrogen-bond acceptors (Lipinski definition) is 7. The molecular formula is C18H17N3O6. The lowest BCUT2D eigenvalue weighted by Crippen LogP contribution is -2.26. The van der Waals surface area contributed by atoms with E-state index in [1.54, 1.807) is 6.07 Å². The maximum absolute atomic E-state index is 12.3. The molecule has 0 spiro atoms. The van der Waals surface area contributed by atoms with Gasteiger partial charge in [0.15, 0.2) is 24.7 Å². The molecule has 2 heterocycles. The Balaban J connectivity index is 1.66. The minimum absolute atomic E-state index is 0.0537. The average Bonchev–Trinajstić information content (AvgIpc) is 2.67. The molecule has 1 amide bonds. The molecule has 0 bridgehead atoms. The minimum atomic E-state index is -0.803. The minimum Gasteiger partial charge on any atom is -0.482 e. The number of carbonyl (C=O) groups excluding carboxylic acids is 3. The largest absolute Gasteiger partial charge is 0.482 e. The van der Waals surface area contributed by atoms with Crippen molar-refractivity contribution < 1.29 is 23.9 Å². The van der Waals surface area contributed by atoms with Crippen molar-refractivity contribution >= 4 is 23.3 Å². The number of hydrogen-bond donors (Lipinski definition) is 1. The predicted octanol–water partition coefficient (Wildman–Crippen LogP) is 1.02. The molecule has 0 unspecified atom stereocenters. The van der Waals surface area contributed by atoms with Gasteiger partial charge in [-0.15, -0.1) is 0 Å². The van der Waals surface area contributed by atoms with Crippen LogP contribution >= 0.6 is 0 Å². The molecule has 27 heavy (non-hydrogen) atoms. The zero-order valence-corrected chi connectivity index (χ0v) is 14.6. The Morgan fingerprint density at radius 3 is 2.85 bits per heavy atom. The molecule has 0 fully saturated rings. The monoisotopic (exact) mass is 371 g/mol. The van der Waals surface area contributed by atoms with E-state index in [1.807, 2.05) is 6.92 Å². The Labute approximate surface area is 153 Å². The van der Waals surface area contributed by atoms with Crippen molar-refractivity contribution in [2.24, 2.45) is 0 Å². The van der Waals surface area contributed by atoms with Crippen LogP contribution in [0.4, 0.5) is 5.69 Å². The molecule has 1 aromatic heterocycles. The van der Waals surface area contributed by atoms with Crippen LogP contribution in [0.3, 0.4) is 0 Å². The SMILES string of the molecule is CCCn1nc(C(=O)OCC(=O)c2ccc3c(c2)NC(=O)CO3)ccc1=O. The molecule has 0 aliphatic carbocycles. The summed E-state index contributed by atoms with van der Waals surface area (Å²) < 4.78 is 11.4. The molecule has 0 saturated carbocycles. The summed E-state index contributed by atoms with van der Waals surface area (Å²) in [7, 11) is 0. The number of anilines is 1. The maximum atomic E-state index is 12.3. The molecule has 1 aliphatic rings. The Kier molecular flexibility index (Phi) is 5.30. The second kappa shape index (κ2) is 7.81. The fourth-order valence-corrected chi connectivity index (χ4v) is 2.47. The van der Waals surface area contributed by atoms with Crippen molar-refractivity contribution in [3.8, 4) is 5.75 Å². The van der Waals surface area contributed by atoms with E-state index in [2.05, 4.69) is 10.4 Å². The first-order valence-electron chi connectivity index (χ1n) is 8.33. The lowest BCUT2D eigenvalue weighted by molar-refractivity contribution is -0.118. The second-order valence-corrected chi connectivity index (χ2v) is 5.83. The van der Waals surface area contributed by atoms with E-state index in [0.29, 0.717) is 24.4 Å². The summed E-state index contributed by atoms with van der Waals surface area (Å²) in [5.41, 5.74) is 0.276. The average molecular weight is 371 g/mol.